The molecule has 1 aromatic carbocycles. The van der Waals surface area contributed by atoms with Crippen LogP contribution in [0.2, 0.25) is 0 Å². The summed E-state index contributed by atoms with van der Waals surface area (Å²) >= 11 is 3.25. The van der Waals surface area contributed by atoms with Crippen molar-refractivity contribution in [3.05, 3.63) is 52.7 Å². The number of rotatable bonds is 2. The van der Waals surface area contributed by atoms with Crippen LogP contribution in [0.15, 0.2) is 45.5 Å². The van der Waals surface area contributed by atoms with Gasteiger partial charge in [0.05, 0.1) is 11.0 Å². The number of likely N-dealkylation sites (tertiary alicyclic amines) is 1. The first-order valence-electron chi connectivity index (χ1n) is 8.09. The zero-order valence-electron chi connectivity index (χ0n) is 13.4. The van der Waals surface area contributed by atoms with E-state index >= 15 is 0 Å². The molecule has 5 nitrogen and oxygen atoms in total. The first-order valence-corrected chi connectivity index (χ1v) is 8.89. The molecule has 1 atom stereocenters. The minimum atomic E-state index is -0.0517. The van der Waals surface area contributed by atoms with Gasteiger partial charge < -0.3 is 13.9 Å². The summed E-state index contributed by atoms with van der Waals surface area (Å²) in [7, 11) is 2.05. The number of nitrogens with zero attached hydrogens (tertiary/aromatic N) is 3. The van der Waals surface area contributed by atoms with Crippen molar-refractivity contribution in [1.82, 2.24) is 14.5 Å². The van der Waals surface area contributed by atoms with Gasteiger partial charge in [0.15, 0.2) is 10.4 Å². The lowest BCUT2D eigenvalue weighted by molar-refractivity contribution is 0.0670. The number of piperidine rings is 1. The molecule has 24 heavy (non-hydrogen) atoms. The Morgan fingerprint density at radius 1 is 1.29 bits per heavy atom. The Balaban J connectivity index is 1.60. The smallest absolute Gasteiger partial charge is 0.289 e. The summed E-state index contributed by atoms with van der Waals surface area (Å²) in [5.74, 6) is 1.63. The highest BCUT2D eigenvalue weighted by Crippen LogP contribution is 2.29. The second-order valence-corrected chi connectivity index (χ2v) is 6.99. The monoisotopic (exact) mass is 387 g/mol. The molecule has 0 radical (unpaired) electrons. The summed E-state index contributed by atoms with van der Waals surface area (Å²) in [5, 5.41) is 0. The van der Waals surface area contributed by atoms with E-state index in [0.29, 0.717) is 17.0 Å². The predicted molar refractivity (Wildman–Crippen MR) is 95.0 cm³/mol. The van der Waals surface area contributed by atoms with Crippen LogP contribution in [0.5, 0.6) is 0 Å². The van der Waals surface area contributed by atoms with E-state index in [9.17, 15) is 4.79 Å². The molecule has 1 unspecified atom stereocenters. The summed E-state index contributed by atoms with van der Waals surface area (Å²) in [6, 6.07) is 11.6. The zero-order chi connectivity index (χ0) is 16.7. The Kier molecular flexibility index (Phi) is 3.92. The summed E-state index contributed by atoms with van der Waals surface area (Å²) in [6.07, 6.45) is 2.02. The molecule has 0 saturated carbocycles. The third-order valence-corrected chi connectivity index (χ3v) is 5.11. The molecule has 1 fully saturated rings. The maximum absolute atomic E-state index is 12.6. The minimum absolute atomic E-state index is 0.0517. The van der Waals surface area contributed by atoms with E-state index in [4.69, 9.17) is 9.40 Å². The van der Waals surface area contributed by atoms with Crippen LogP contribution in [-0.4, -0.2) is 33.4 Å². The van der Waals surface area contributed by atoms with Crippen molar-refractivity contribution in [3.63, 3.8) is 0 Å². The van der Waals surface area contributed by atoms with Gasteiger partial charge in [0.25, 0.3) is 5.91 Å². The van der Waals surface area contributed by atoms with Gasteiger partial charge in [-0.1, -0.05) is 12.1 Å². The molecule has 1 amide bonds. The molecule has 0 spiro atoms. The van der Waals surface area contributed by atoms with Gasteiger partial charge in [-0.2, -0.15) is 0 Å². The van der Waals surface area contributed by atoms with E-state index in [1.54, 1.807) is 12.1 Å². The zero-order valence-corrected chi connectivity index (χ0v) is 15.0. The molecule has 6 heteroatoms. The van der Waals surface area contributed by atoms with E-state index in [1.165, 1.54) is 0 Å². The lowest BCUT2D eigenvalue weighted by atomic mass is 9.97. The summed E-state index contributed by atoms with van der Waals surface area (Å²) in [5.41, 5.74) is 2.14. The minimum Gasteiger partial charge on any atom is -0.444 e. The Morgan fingerprint density at radius 2 is 2.12 bits per heavy atom. The van der Waals surface area contributed by atoms with Crippen molar-refractivity contribution in [2.24, 2.45) is 7.05 Å². The topological polar surface area (TPSA) is 51.3 Å². The van der Waals surface area contributed by atoms with Crippen LogP contribution in [0.3, 0.4) is 0 Å². The normalized spacial score (nSPS) is 18.2. The van der Waals surface area contributed by atoms with Crippen LogP contribution in [0.25, 0.3) is 11.0 Å². The molecule has 1 aliphatic rings. The quantitative estimate of drug-likeness (QED) is 0.668. The standard InChI is InChI=1S/C18H18BrN3O2/c1-21-14-7-3-2-6-13(14)20-17(21)12-5-4-10-22(11-12)18(23)15-8-9-16(19)24-15/h2-3,6-9,12H,4-5,10-11H2,1H3. The van der Waals surface area contributed by atoms with Crippen LogP contribution in [0.4, 0.5) is 0 Å². The summed E-state index contributed by atoms with van der Waals surface area (Å²) in [4.78, 5) is 19.3. The molecule has 3 aromatic rings. The van der Waals surface area contributed by atoms with Crippen LogP contribution >= 0.6 is 15.9 Å². The third kappa shape index (κ3) is 2.65. The van der Waals surface area contributed by atoms with Crippen molar-refractivity contribution < 1.29 is 9.21 Å². The fraction of sp³-hybridized carbons (Fsp3) is 0.333. The SMILES string of the molecule is Cn1c(C2CCCN(C(=O)c3ccc(Br)o3)C2)nc2ccccc21. The molecule has 1 saturated heterocycles. The second kappa shape index (κ2) is 6.09. The van der Waals surface area contributed by atoms with Gasteiger partial charge in [0.1, 0.15) is 5.82 Å². The van der Waals surface area contributed by atoms with Gasteiger partial charge in [-0.05, 0) is 53.0 Å². The fourth-order valence-electron chi connectivity index (χ4n) is 3.49. The fourth-order valence-corrected chi connectivity index (χ4v) is 3.79. The molecule has 0 bridgehead atoms. The van der Waals surface area contributed by atoms with Gasteiger partial charge in [-0.15, -0.1) is 0 Å². The van der Waals surface area contributed by atoms with Gasteiger partial charge in [0.2, 0.25) is 0 Å². The number of imidazole rings is 1. The van der Waals surface area contributed by atoms with Crippen LogP contribution in [-0.2, 0) is 7.05 Å². The van der Waals surface area contributed by atoms with E-state index in [-0.39, 0.29) is 11.8 Å². The number of hydrogen-bond donors (Lipinski definition) is 0. The number of hydrogen-bond acceptors (Lipinski definition) is 3. The maximum atomic E-state index is 12.6. The predicted octanol–water partition coefficient (Wildman–Crippen LogP) is 3.95. The molecule has 0 N–H and O–H groups in total. The summed E-state index contributed by atoms with van der Waals surface area (Å²) < 4.78 is 8.14. The molecule has 3 heterocycles. The first kappa shape index (κ1) is 15.4. The maximum Gasteiger partial charge on any atom is 0.289 e. The molecule has 1 aliphatic heterocycles. The number of para-hydroxylation sites is 2. The number of aromatic nitrogens is 2. The molecular weight excluding hydrogens is 370 g/mol. The largest absolute Gasteiger partial charge is 0.444 e. The number of carbonyl (C=O) groups is 1. The van der Waals surface area contributed by atoms with Crippen LogP contribution < -0.4 is 0 Å². The lowest BCUT2D eigenvalue weighted by Gasteiger charge is -2.31. The second-order valence-electron chi connectivity index (χ2n) is 6.21. The molecule has 0 aliphatic carbocycles. The van der Waals surface area contributed by atoms with E-state index in [1.807, 2.05) is 23.1 Å². The van der Waals surface area contributed by atoms with Crippen LogP contribution in [0.1, 0.15) is 35.1 Å². The van der Waals surface area contributed by atoms with Crippen molar-refractivity contribution in [2.45, 2.75) is 18.8 Å². The van der Waals surface area contributed by atoms with Crippen molar-refractivity contribution in [1.29, 1.82) is 0 Å². The Labute approximate surface area is 148 Å². The van der Waals surface area contributed by atoms with Gasteiger partial charge >= 0.3 is 0 Å². The number of amides is 1. The van der Waals surface area contributed by atoms with Gasteiger partial charge in [0, 0.05) is 26.1 Å². The Hall–Kier alpha value is -2.08. The third-order valence-electron chi connectivity index (χ3n) is 4.68. The Bertz CT molecular complexity index is 899. The number of furan rings is 1. The average molecular weight is 388 g/mol. The Morgan fingerprint density at radius 3 is 2.88 bits per heavy atom. The molecule has 2 aromatic heterocycles. The number of aryl methyl sites for hydroxylation is 1. The number of fused-ring (bicyclic) bond motifs is 1. The average Bonchev–Trinajstić information content (AvgIpc) is 3.19. The van der Waals surface area contributed by atoms with Crippen LogP contribution in [0, 0.1) is 0 Å². The van der Waals surface area contributed by atoms with Gasteiger partial charge in [-0.25, -0.2) is 4.98 Å². The van der Waals surface area contributed by atoms with Crippen molar-refractivity contribution in [3.8, 4) is 0 Å². The highest BCUT2D eigenvalue weighted by atomic mass is 79.9. The van der Waals surface area contributed by atoms with E-state index < -0.39 is 0 Å². The van der Waals surface area contributed by atoms with Crippen molar-refractivity contribution >= 4 is 32.9 Å². The van der Waals surface area contributed by atoms with E-state index in [2.05, 4.69) is 33.6 Å². The van der Waals surface area contributed by atoms with Gasteiger partial charge in [-0.3, -0.25) is 4.79 Å². The molecule has 4 rings (SSSR count). The molecular formula is C18H18BrN3O2. The highest BCUT2D eigenvalue weighted by Gasteiger charge is 2.29. The number of halogens is 1. The number of benzene rings is 1. The lowest BCUT2D eigenvalue weighted by Crippen LogP contribution is -2.39. The summed E-state index contributed by atoms with van der Waals surface area (Å²) in [6.45, 7) is 1.44. The first-order chi connectivity index (χ1) is 11.6. The number of carbonyl (C=O) groups excluding carboxylic acids is 1. The van der Waals surface area contributed by atoms with E-state index in [0.717, 1.165) is 36.2 Å². The molecule has 124 valence electrons. The van der Waals surface area contributed by atoms with Crippen molar-refractivity contribution in [2.75, 3.05) is 13.1 Å². The highest BCUT2D eigenvalue weighted by molar-refractivity contribution is 9.10.